The van der Waals surface area contributed by atoms with Crippen molar-refractivity contribution in [2.24, 2.45) is 0 Å². The van der Waals surface area contributed by atoms with E-state index in [1.165, 1.54) is 18.5 Å². The van der Waals surface area contributed by atoms with Crippen molar-refractivity contribution < 1.29 is 17.9 Å². The Balaban J connectivity index is 1.93. The maximum Gasteiger partial charge on any atom is 0.422 e. The Morgan fingerprint density at radius 3 is 2.68 bits per heavy atom. The number of nitriles is 1. The number of rotatable bonds is 5. The van der Waals surface area contributed by atoms with Gasteiger partial charge >= 0.3 is 6.18 Å². The number of alkyl halides is 3. The van der Waals surface area contributed by atoms with Gasteiger partial charge in [0.05, 0.1) is 5.56 Å². The normalized spacial score (nSPS) is 10.8. The summed E-state index contributed by atoms with van der Waals surface area (Å²) in [5, 5.41) is 11.6. The minimum absolute atomic E-state index is 0.0931. The molecule has 0 radical (unpaired) electrons. The van der Waals surface area contributed by atoms with E-state index < -0.39 is 12.8 Å². The summed E-state index contributed by atoms with van der Waals surface area (Å²) in [5.74, 6) is 0.456. The molecule has 8 heteroatoms. The Morgan fingerprint density at radius 2 is 2.05 bits per heavy atom. The molecule has 2 rings (SSSR count). The second-order valence-electron chi connectivity index (χ2n) is 4.30. The largest absolute Gasteiger partial charge is 0.468 e. The number of aromatic nitrogens is 2. The lowest BCUT2D eigenvalue weighted by Gasteiger charge is -2.10. The fourth-order valence-electron chi connectivity index (χ4n) is 1.55. The Hall–Kier alpha value is -2.82. The predicted molar refractivity (Wildman–Crippen MR) is 72.1 cm³/mol. The molecule has 0 aliphatic heterocycles. The van der Waals surface area contributed by atoms with Gasteiger partial charge in [0.2, 0.25) is 5.88 Å². The Kier molecular flexibility index (Phi) is 4.78. The van der Waals surface area contributed by atoms with Gasteiger partial charge in [-0.3, -0.25) is 0 Å². The molecule has 0 amide bonds. The average Bonchev–Trinajstić information content (AvgIpc) is 2.51. The predicted octanol–water partition coefficient (Wildman–Crippen LogP) is 2.90. The lowest BCUT2D eigenvalue weighted by Crippen LogP contribution is -2.19. The number of nitrogens with zero attached hydrogens (tertiary/aromatic N) is 3. The van der Waals surface area contributed by atoms with Gasteiger partial charge in [-0.25, -0.2) is 9.97 Å². The summed E-state index contributed by atoms with van der Waals surface area (Å²) < 4.78 is 40.8. The second-order valence-corrected chi connectivity index (χ2v) is 4.30. The van der Waals surface area contributed by atoms with Crippen molar-refractivity contribution >= 4 is 5.82 Å². The van der Waals surface area contributed by atoms with Gasteiger partial charge in [-0.15, -0.1) is 0 Å². The maximum atomic E-state index is 12.1. The van der Waals surface area contributed by atoms with Crippen LogP contribution in [-0.2, 0) is 6.54 Å². The molecular weight excluding hydrogens is 297 g/mol. The molecule has 0 saturated heterocycles. The minimum atomic E-state index is -4.40. The Labute approximate surface area is 124 Å². The third kappa shape index (κ3) is 4.94. The van der Waals surface area contributed by atoms with E-state index >= 15 is 0 Å². The van der Waals surface area contributed by atoms with Crippen molar-refractivity contribution in [3.8, 4) is 11.9 Å². The molecule has 2 aromatic heterocycles. The van der Waals surface area contributed by atoms with Crippen LogP contribution < -0.4 is 10.1 Å². The topological polar surface area (TPSA) is 70.8 Å². The highest BCUT2D eigenvalue weighted by Gasteiger charge is 2.28. The summed E-state index contributed by atoms with van der Waals surface area (Å²) in [5.41, 5.74) is 1.13. The van der Waals surface area contributed by atoms with E-state index in [0.717, 1.165) is 0 Å². The third-order valence-corrected chi connectivity index (χ3v) is 2.55. The Bertz CT molecular complexity index is 665. The molecule has 0 aromatic carbocycles. The summed E-state index contributed by atoms with van der Waals surface area (Å²) in [4.78, 5) is 7.74. The monoisotopic (exact) mass is 308 g/mol. The molecule has 0 aliphatic rings. The van der Waals surface area contributed by atoms with E-state index in [1.807, 2.05) is 6.07 Å². The van der Waals surface area contributed by atoms with Crippen LogP contribution in [0.4, 0.5) is 19.0 Å². The highest BCUT2D eigenvalue weighted by Crippen LogP contribution is 2.18. The zero-order valence-corrected chi connectivity index (χ0v) is 11.3. The van der Waals surface area contributed by atoms with E-state index in [0.29, 0.717) is 23.5 Å². The number of nitrogens with one attached hydrogen (secondary N) is 1. The van der Waals surface area contributed by atoms with Gasteiger partial charge in [0, 0.05) is 25.0 Å². The summed E-state index contributed by atoms with van der Waals surface area (Å²) in [7, 11) is 0. The van der Waals surface area contributed by atoms with E-state index in [9.17, 15) is 13.2 Å². The smallest absolute Gasteiger partial charge is 0.422 e. The summed E-state index contributed by atoms with van der Waals surface area (Å²) in [6.07, 6.45) is -1.61. The summed E-state index contributed by atoms with van der Waals surface area (Å²) in [6.45, 7) is -1.04. The van der Waals surface area contributed by atoms with Crippen LogP contribution in [0, 0.1) is 11.3 Å². The zero-order chi connectivity index (χ0) is 16.0. The molecule has 0 atom stereocenters. The van der Waals surface area contributed by atoms with Crippen molar-refractivity contribution in [1.82, 2.24) is 9.97 Å². The van der Waals surface area contributed by atoms with Gasteiger partial charge in [-0.2, -0.15) is 18.4 Å². The zero-order valence-electron chi connectivity index (χ0n) is 11.3. The van der Waals surface area contributed by atoms with Crippen LogP contribution in [-0.4, -0.2) is 22.8 Å². The molecule has 2 heterocycles. The van der Waals surface area contributed by atoms with Crippen molar-refractivity contribution in [3.63, 3.8) is 0 Å². The first-order valence-corrected chi connectivity index (χ1v) is 6.21. The minimum Gasteiger partial charge on any atom is -0.468 e. The fraction of sp³-hybridized carbons (Fsp3) is 0.214. The van der Waals surface area contributed by atoms with Gasteiger partial charge in [-0.1, -0.05) is 0 Å². The van der Waals surface area contributed by atoms with Gasteiger partial charge < -0.3 is 10.1 Å². The molecule has 1 N–H and O–H groups in total. The van der Waals surface area contributed by atoms with Gasteiger partial charge in [0.15, 0.2) is 6.61 Å². The van der Waals surface area contributed by atoms with Gasteiger partial charge in [0.1, 0.15) is 11.9 Å². The number of halogens is 3. The standard InChI is InChI=1S/C14H11F3N4O/c15-14(16,17)9-22-13-5-10(3-4-19-13)7-20-12-2-1-11(6-18)8-21-12/h1-5,8H,7,9H2,(H,20,21). The molecule has 0 spiro atoms. The first-order valence-electron chi connectivity index (χ1n) is 6.21. The van der Waals surface area contributed by atoms with Crippen molar-refractivity contribution in [1.29, 1.82) is 5.26 Å². The third-order valence-electron chi connectivity index (χ3n) is 2.55. The SMILES string of the molecule is N#Cc1ccc(NCc2ccnc(OCC(F)(F)F)c2)nc1. The number of pyridine rings is 2. The van der Waals surface area contributed by atoms with E-state index in [2.05, 4.69) is 20.0 Å². The maximum absolute atomic E-state index is 12.1. The van der Waals surface area contributed by atoms with Crippen LogP contribution >= 0.6 is 0 Å². The summed E-state index contributed by atoms with van der Waals surface area (Å²) in [6, 6.07) is 8.27. The van der Waals surface area contributed by atoms with E-state index in [1.54, 1.807) is 18.2 Å². The van der Waals surface area contributed by atoms with Crippen LogP contribution in [0.1, 0.15) is 11.1 Å². The molecule has 0 fully saturated rings. The van der Waals surface area contributed by atoms with Crippen LogP contribution in [0.25, 0.3) is 0 Å². The second kappa shape index (κ2) is 6.76. The average molecular weight is 308 g/mol. The summed E-state index contributed by atoms with van der Waals surface area (Å²) >= 11 is 0. The molecule has 2 aromatic rings. The van der Waals surface area contributed by atoms with Crippen molar-refractivity contribution in [2.45, 2.75) is 12.7 Å². The highest BCUT2D eigenvalue weighted by atomic mass is 19.4. The molecule has 22 heavy (non-hydrogen) atoms. The molecule has 114 valence electrons. The molecule has 0 aliphatic carbocycles. The van der Waals surface area contributed by atoms with Crippen molar-refractivity contribution in [2.75, 3.05) is 11.9 Å². The molecule has 5 nitrogen and oxygen atoms in total. The van der Waals surface area contributed by atoms with Gasteiger partial charge in [-0.05, 0) is 23.8 Å². The molecule has 0 saturated carbocycles. The first-order chi connectivity index (χ1) is 10.5. The van der Waals surface area contributed by atoms with Crippen LogP contribution in [0.2, 0.25) is 0 Å². The Morgan fingerprint density at radius 1 is 1.23 bits per heavy atom. The number of hydrogen-bond acceptors (Lipinski definition) is 5. The molecule has 0 unspecified atom stereocenters. The lowest BCUT2D eigenvalue weighted by molar-refractivity contribution is -0.154. The lowest BCUT2D eigenvalue weighted by atomic mass is 10.2. The van der Waals surface area contributed by atoms with E-state index in [-0.39, 0.29) is 5.88 Å². The highest BCUT2D eigenvalue weighted by molar-refractivity contribution is 5.39. The van der Waals surface area contributed by atoms with Crippen LogP contribution in [0.15, 0.2) is 36.7 Å². The van der Waals surface area contributed by atoms with Crippen LogP contribution in [0.5, 0.6) is 5.88 Å². The van der Waals surface area contributed by atoms with Crippen molar-refractivity contribution in [3.05, 3.63) is 47.8 Å². The first kappa shape index (κ1) is 15.6. The fourth-order valence-corrected chi connectivity index (χ4v) is 1.55. The van der Waals surface area contributed by atoms with E-state index in [4.69, 9.17) is 5.26 Å². The molecular formula is C14H11F3N4O. The number of ether oxygens (including phenoxy) is 1. The van der Waals surface area contributed by atoms with Gasteiger partial charge in [0.25, 0.3) is 0 Å². The molecule has 0 bridgehead atoms. The number of anilines is 1. The quantitative estimate of drug-likeness (QED) is 0.919. The van der Waals surface area contributed by atoms with Crippen LogP contribution in [0.3, 0.4) is 0 Å². The number of hydrogen-bond donors (Lipinski definition) is 1.